The number of nitrogens with zero attached hydrogens (tertiary/aromatic N) is 3. The van der Waals surface area contributed by atoms with Crippen LogP contribution in [0.15, 0.2) is 47.4 Å². The predicted octanol–water partition coefficient (Wildman–Crippen LogP) is 3.22. The Labute approximate surface area is 184 Å². The van der Waals surface area contributed by atoms with Crippen molar-refractivity contribution in [3.63, 3.8) is 0 Å². The van der Waals surface area contributed by atoms with E-state index in [4.69, 9.17) is 22.0 Å². The summed E-state index contributed by atoms with van der Waals surface area (Å²) in [6, 6.07) is 9.90. The highest BCUT2D eigenvalue weighted by Gasteiger charge is 2.21. The smallest absolute Gasteiger partial charge is 0.193 e. The summed E-state index contributed by atoms with van der Waals surface area (Å²) in [6.45, 7) is -0.563. The van der Waals surface area contributed by atoms with E-state index in [0.29, 0.717) is 11.1 Å². The lowest BCUT2D eigenvalue weighted by molar-refractivity contribution is 0.0783. The zero-order valence-electron chi connectivity index (χ0n) is 16.3. The maximum Gasteiger partial charge on any atom is 0.193 e. The number of rotatable bonds is 5. The number of H-pyrrole nitrogens is 1. The van der Waals surface area contributed by atoms with E-state index in [1.165, 1.54) is 35.1 Å². The van der Waals surface area contributed by atoms with Gasteiger partial charge in [-0.2, -0.15) is 10.4 Å². The monoisotopic (exact) mass is 456 g/mol. The first-order valence-corrected chi connectivity index (χ1v) is 9.78. The molecule has 0 saturated heterocycles. The van der Waals surface area contributed by atoms with Gasteiger partial charge < -0.3 is 15.2 Å². The van der Waals surface area contributed by atoms with E-state index in [-0.39, 0.29) is 33.9 Å². The molecule has 7 nitrogen and oxygen atoms in total. The van der Waals surface area contributed by atoms with Gasteiger partial charge in [-0.25, -0.2) is 8.78 Å². The van der Waals surface area contributed by atoms with E-state index in [1.54, 1.807) is 0 Å². The molecule has 32 heavy (non-hydrogen) atoms. The standard InChI is InChI=1S/C22H15ClF2N4O3/c23-14-2-1-11(8-26)5-13(14)17-7-19(32)21-18(27-17)6-15(24)20(22(21)25)16-3-4-29(28-16)9-12(31)10-30/h1-7,12,30-31H,9-10H2,(H,27,32). The fourth-order valence-electron chi connectivity index (χ4n) is 3.39. The molecule has 0 bridgehead atoms. The summed E-state index contributed by atoms with van der Waals surface area (Å²) >= 11 is 6.18. The molecule has 0 radical (unpaired) electrons. The number of hydrogen-bond acceptors (Lipinski definition) is 5. The van der Waals surface area contributed by atoms with Crippen LogP contribution in [0.4, 0.5) is 8.78 Å². The molecule has 0 aliphatic rings. The molecule has 3 N–H and O–H groups in total. The molecule has 2 heterocycles. The molecular weight excluding hydrogens is 442 g/mol. The Bertz CT molecular complexity index is 1440. The summed E-state index contributed by atoms with van der Waals surface area (Å²) < 4.78 is 31.4. The largest absolute Gasteiger partial charge is 0.394 e. The molecular formula is C22H15ClF2N4O3. The van der Waals surface area contributed by atoms with Crippen molar-refractivity contribution in [1.29, 1.82) is 5.26 Å². The van der Waals surface area contributed by atoms with Crippen LogP contribution >= 0.6 is 11.6 Å². The van der Waals surface area contributed by atoms with Crippen molar-refractivity contribution in [2.75, 3.05) is 6.61 Å². The summed E-state index contributed by atoms with van der Waals surface area (Å²) in [5.74, 6) is -2.04. The topological polar surface area (TPSA) is 115 Å². The zero-order valence-corrected chi connectivity index (χ0v) is 17.1. The number of aliphatic hydroxyl groups excluding tert-OH is 2. The Morgan fingerprint density at radius 1 is 1.25 bits per heavy atom. The van der Waals surface area contributed by atoms with Gasteiger partial charge in [0.25, 0.3) is 0 Å². The van der Waals surface area contributed by atoms with E-state index in [0.717, 1.165) is 12.1 Å². The minimum Gasteiger partial charge on any atom is -0.394 e. The molecule has 162 valence electrons. The van der Waals surface area contributed by atoms with Gasteiger partial charge in [0, 0.05) is 22.8 Å². The molecule has 1 atom stereocenters. The average Bonchev–Trinajstić information content (AvgIpc) is 3.21. The van der Waals surface area contributed by atoms with Gasteiger partial charge in [-0.15, -0.1) is 0 Å². The van der Waals surface area contributed by atoms with Crippen molar-refractivity contribution in [3.05, 3.63) is 75.0 Å². The van der Waals surface area contributed by atoms with E-state index >= 15 is 4.39 Å². The first kappa shape index (κ1) is 21.6. The Hall–Kier alpha value is -3.58. The third kappa shape index (κ3) is 3.87. The van der Waals surface area contributed by atoms with Gasteiger partial charge in [0.1, 0.15) is 11.6 Å². The quantitative estimate of drug-likeness (QED) is 0.426. The van der Waals surface area contributed by atoms with Crippen LogP contribution in [0, 0.1) is 23.0 Å². The van der Waals surface area contributed by atoms with Crippen LogP contribution in [-0.2, 0) is 6.54 Å². The van der Waals surface area contributed by atoms with Gasteiger partial charge in [-0.3, -0.25) is 9.48 Å². The molecule has 4 aromatic rings. The molecule has 0 saturated carbocycles. The molecule has 2 aromatic heterocycles. The lowest BCUT2D eigenvalue weighted by atomic mass is 10.0. The van der Waals surface area contributed by atoms with Gasteiger partial charge in [-0.1, -0.05) is 11.6 Å². The SMILES string of the molecule is N#Cc1ccc(Cl)c(-c2cc(=O)c3c(F)c(-c4ccn(CC(O)CO)n4)c(F)cc3[nH]2)c1. The molecule has 2 aromatic carbocycles. The molecule has 4 rings (SSSR count). The van der Waals surface area contributed by atoms with Crippen LogP contribution in [0.3, 0.4) is 0 Å². The number of aromatic nitrogens is 3. The number of aliphatic hydroxyl groups is 2. The van der Waals surface area contributed by atoms with Gasteiger partial charge >= 0.3 is 0 Å². The number of pyridine rings is 1. The summed E-state index contributed by atoms with van der Waals surface area (Å²) in [6.07, 6.45) is 0.316. The van der Waals surface area contributed by atoms with Crippen molar-refractivity contribution >= 4 is 22.5 Å². The second-order valence-corrected chi connectivity index (χ2v) is 7.49. The van der Waals surface area contributed by atoms with Crippen molar-refractivity contribution < 1.29 is 19.0 Å². The number of nitrogens with one attached hydrogen (secondary N) is 1. The molecule has 0 aliphatic heterocycles. The fraction of sp³-hybridized carbons (Fsp3) is 0.136. The minimum absolute atomic E-state index is 0.0692. The molecule has 1 unspecified atom stereocenters. The van der Waals surface area contributed by atoms with Crippen LogP contribution in [-0.4, -0.2) is 37.7 Å². The number of halogens is 3. The first-order valence-electron chi connectivity index (χ1n) is 9.40. The summed E-state index contributed by atoms with van der Waals surface area (Å²) in [5.41, 5.74) is -0.493. The second kappa shape index (κ2) is 8.51. The van der Waals surface area contributed by atoms with E-state index in [2.05, 4.69) is 10.1 Å². The number of aromatic amines is 1. The maximum atomic E-state index is 15.3. The van der Waals surface area contributed by atoms with Crippen LogP contribution in [0.1, 0.15) is 5.56 Å². The van der Waals surface area contributed by atoms with Gasteiger partial charge in [-0.05, 0) is 30.3 Å². The van der Waals surface area contributed by atoms with E-state index in [1.807, 2.05) is 6.07 Å². The number of nitriles is 1. The number of benzene rings is 2. The lowest BCUT2D eigenvalue weighted by Crippen LogP contribution is -2.20. The highest BCUT2D eigenvalue weighted by Crippen LogP contribution is 2.32. The Kier molecular flexibility index (Phi) is 5.76. The highest BCUT2D eigenvalue weighted by molar-refractivity contribution is 6.33. The van der Waals surface area contributed by atoms with Crippen LogP contribution in [0.25, 0.3) is 33.4 Å². The maximum absolute atomic E-state index is 15.3. The van der Waals surface area contributed by atoms with Crippen molar-refractivity contribution in [1.82, 2.24) is 14.8 Å². The highest BCUT2D eigenvalue weighted by atomic mass is 35.5. The number of hydrogen-bond donors (Lipinski definition) is 3. The van der Waals surface area contributed by atoms with Crippen LogP contribution in [0.5, 0.6) is 0 Å². The normalized spacial score (nSPS) is 12.1. The molecule has 10 heteroatoms. The number of fused-ring (bicyclic) bond motifs is 1. The Balaban J connectivity index is 1.86. The lowest BCUT2D eigenvalue weighted by Gasteiger charge is -2.10. The van der Waals surface area contributed by atoms with Crippen LogP contribution in [0.2, 0.25) is 5.02 Å². The second-order valence-electron chi connectivity index (χ2n) is 7.08. The van der Waals surface area contributed by atoms with Crippen molar-refractivity contribution in [3.8, 4) is 28.6 Å². The van der Waals surface area contributed by atoms with Crippen molar-refractivity contribution in [2.24, 2.45) is 0 Å². The third-order valence-electron chi connectivity index (χ3n) is 4.90. The predicted molar refractivity (Wildman–Crippen MR) is 114 cm³/mol. The molecule has 0 aliphatic carbocycles. The molecule has 0 fully saturated rings. The van der Waals surface area contributed by atoms with E-state index < -0.39 is 35.3 Å². The van der Waals surface area contributed by atoms with E-state index in [9.17, 15) is 14.3 Å². The van der Waals surface area contributed by atoms with Crippen molar-refractivity contribution in [2.45, 2.75) is 12.6 Å². The summed E-state index contributed by atoms with van der Waals surface area (Å²) in [4.78, 5) is 15.6. The first-order chi connectivity index (χ1) is 15.3. The zero-order chi connectivity index (χ0) is 23.0. The van der Waals surface area contributed by atoms with Gasteiger partial charge in [0.05, 0.1) is 58.7 Å². The average molecular weight is 457 g/mol. The fourth-order valence-corrected chi connectivity index (χ4v) is 3.61. The Morgan fingerprint density at radius 3 is 2.75 bits per heavy atom. The summed E-state index contributed by atoms with van der Waals surface area (Å²) in [7, 11) is 0. The molecule has 0 spiro atoms. The minimum atomic E-state index is -1.09. The molecule has 0 amide bonds. The summed E-state index contributed by atoms with van der Waals surface area (Å²) in [5, 5.41) is 31.5. The van der Waals surface area contributed by atoms with Crippen LogP contribution < -0.4 is 5.43 Å². The third-order valence-corrected chi connectivity index (χ3v) is 5.23. The van der Waals surface area contributed by atoms with Gasteiger partial charge in [0.2, 0.25) is 0 Å². The Morgan fingerprint density at radius 2 is 2.03 bits per heavy atom. The van der Waals surface area contributed by atoms with Gasteiger partial charge in [0.15, 0.2) is 5.43 Å².